The molecule has 3 N–H and O–H groups in total. The minimum atomic E-state index is -0.967. The molecule has 39 heavy (non-hydrogen) atoms. The molecule has 1 saturated carbocycles. The summed E-state index contributed by atoms with van der Waals surface area (Å²) in [6.07, 6.45) is 3.97. The third-order valence-electron chi connectivity index (χ3n) is 6.56. The van der Waals surface area contributed by atoms with Crippen molar-refractivity contribution in [2.24, 2.45) is 0 Å². The number of amides is 3. The summed E-state index contributed by atoms with van der Waals surface area (Å²) >= 11 is 0. The second-order valence-corrected chi connectivity index (χ2v) is 11.4. The van der Waals surface area contributed by atoms with Crippen LogP contribution in [-0.2, 0) is 20.7 Å². The fourth-order valence-corrected chi connectivity index (χ4v) is 4.44. The third kappa shape index (κ3) is 9.30. The van der Waals surface area contributed by atoms with E-state index in [-0.39, 0.29) is 30.0 Å². The van der Waals surface area contributed by atoms with Crippen LogP contribution in [0.3, 0.4) is 0 Å². The number of ether oxygens (including phenoxy) is 1. The van der Waals surface area contributed by atoms with E-state index in [0.29, 0.717) is 6.54 Å². The van der Waals surface area contributed by atoms with Crippen LogP contribution in [0.25, 0.3) is 0 Å². The summed E-state index contributed by atoms with van der Waals surface area (Å²) in [4.78, 5) is 42.4. The standard InChI is InChI=1S/C31H43N3O5/c1-6-7-8-19-32-28(36)27(23-13-9-21(2)10-14-23)34(24-15-16-24)29(37)26(33-30(38)39-31(3,4)5)20-22-11-17-25(35)18-12-22/h9-14,17-18,24,26-27,35H,6-8,15-16,19-20H2,1-5H3,(H,32,36)(H,33,38). The molecule has 0 heterocycles. The number of carbonyl (C=O) groups excluding carboxylic acids is 3. The number of benzene rings is 2. The van der Waals surface area contributed by atoms with Crippen LogP contribution in [0.1, 0.15) is 82.5 Å². The van der Waals surface area contributed by atoms with Crippen molar-refractivity contribution in [3.8, 4) is 5.75 Å². The maximum Gasteiger partial charge on any atom is 0.408 e. The lowest BCUT2D eigenvalue weighted by atomic mass is 9.99. The number of hydrogen-bond acceptors (Lipinski definition) is 5. The molecular weight excluding hydrogens is 494 g/mol. The Morgan fingerprint density at radius 3 is 2.23 bits per heavy atom. The Balaban J connectivity index is 1.95. The van der Waals surface area contributed by atoms with Crippen molar-refractivity contribution in [3.05, 3.63) is 65.2 Å². The van der Waals surface area contributed by atoms with Gasteiger partial charge in [0.15, 0.2) is 0 Å². The minimum Gasteiger partial charge on any atom is -0.508 e. The molecule has 1 fully saturated rings. The lowest BCUT2D eigenvalue weighted by Crippen LogP contribution is -2.54. The first-order valence-electron chi connectivity index (χ1n) is 13.9. The topological polar surface area (TPSA) is 108 Å². The zero-order valence-corrected chi connectivity index (χ0v) is 23.8. The van der Waals surface area contributed by atoms with Crippen molar-refractivity contribution in [2.45, 2.75) is 96.9 Å². The molecule has 0 radical (unpaired) electrons. The quantitative estimate of drug-likeness (QED) is 0.324. The molecule has 0 saturated heterocycles. The number of phenolic OH excluding ortho intramolecular Hbond substituents is 1. The zero-order valence-electron chi connectivity index (χ0n) is 23.8. The van der Waals surface area contributed by atoms with Gasteiger partial charge in [0, 0.05) is 19.0 Å². The molecule has 2 aromatic carbocycles. The zero-order chi connectivity index (χ0) is 28.6. The molecule has 3 rings (SSSR count). The van der Waals surface area contributed by atoms with Crippen molar-refractivity contribution >= 4 is 17.9 Å². The Kier molecular flexibility index (Phi) is 10.4. The fourth-order valence-electron chi connectivity index (χ4n) is 4.44. The monoisotopic (exact) mass is 537 g/mol. The van der Waals surface area contributed by atoms with E-state index in [4.69, 9.17) is 4.74 Å². The van der Waals surface area contributed by atoms with Crippen LogP contribution < -0.4 is 10.6 Å². The van der Waals surface area contributed by atoms with Gasteiger partial charge in [-0.2, -0.15) is 0 Å². The van der Waals surface area contributed by atoms with Gasteiger partial charge in [-0.25, -0.2) is 4.79 Å². The molecule has 212 valence electrons. The van der Waals surface area contributed by atoms with Crippen molar-refractivity contribution < 1.29 is 24.2 Å². The fraction of sp³-hybridized carbons (Fsp3) is 0.516. The van der Waals surface area contributed by atoms with Crippen molar-refractivity contribution in [1.29, 1.82) is 0 Å². The molecule has 8 heteroatoms. The number of alkyl carbamates (subject to hydrolysis) is 1. The summed E-state index contributed by atoms with van der Waals surface area (Å²) < 4.78 is 5.47. The largest absolute Gasteiger partial charge is 0.508 e. The Hall–Kier alpha value is -3.55. The number of aryl methyl sites for hydroxylation is 1. The van der Waals surface area contributed by atoms with Crippen LogP contribution in [0.15, 0.2) is 48.5 Å². The van der Waals surface area contributed by atoms with Gasteiger partial charge in [-0.05, 0) is 70.2 Å². The summed E-state index contributed by atoms with van der Waals surface area (Å²) in [7, 11) is 0. The predicted molar refractivity (Wildman–Crippen MR) is 151 cm³/mol. The molecule has 2 atom stereocenters. The molecule has 2 unspecified atom stereocenters. The van der Waals surface area contributed by atoms with Crippen LogP contribution in [0.4, 0.5) is 4.79 Å². The highest BCUT2D eigenvalue weighted by molar-refractivity contribution is 5.92. The maximum atomic E-state index is 14.3. The van der Waals surface area contributed by atoms with Gasteiger partial charge in [0.1, 0.15) is 23.4 Å². The van der Waals surface area contributed by atoms with Crippen molar-refractivity contribution in [1.82, 2.24) is 15.5 Å². The first-order valence-corrected chi connectivity index (χ1v) is 13.9. The normalized spacial score (nSPS) is 14.7. The highest BCUT2D eigenvalue weighted by Crippen LogP contribution is 2.36. The number of rotatable bonds is 12. The summed E-state index contributed by atoms with van der Waals surface area (Å²) in [6, 6.07) is 12.3. The molecule has 0 spiro atoms. The number of carbonyl (C=O) groups is 3. The highest BCUT2D eigenvalue weighted by atomic mass is 16.6. The number of nitrogens with one attached hydrogen (secondary N) is 2. The van der Waals surface area contributed by atoms with Crippen LogP contribution in [0.2, 0.25) is 0 Å². The molecule has 1 aliphatic rings. The number of hydrogen-bond donors (Lipinski definition) is 3. The van der Waals surface area contributed by atoms with E-state index >= 15 is 0 Å². The first kappa shape index (κ1) is 30.0. The van der Waals surface area contributed by atoms with Gasteiger partial charge in [-0.15, -0.1) is 0 Å². The maximum absolute atomic E-state index is 14.3. The van der Waals surface area contributed by atoms with E-state index in [0.717, 1.165) is 48.8 Å². The molecule has 0 aromatic heterocycles. The Bertz CT molecular complexity index is 1100. The van der Waals surface area contributed by atoms with Gasteiger partial charge in [-0.3, -0.25) is 9.59 Å². The van der Waals surface area contributed by atoms with Crippen LogP contribution in [0, 0.1) is 6.92 Å². The van der Waals surface area contributed by atoms with Crippen molar-refractivity contribution in [2.75, 3.05) is 6.54 Å². The highest BCUT2D eigenvalue weighted by Gasteiger charge is 2.44. The summed E-state index contributed by atoms with van der Waals surface area (Å²) in [5.41, 5.74) is 1.81. The number of nitrogens with zero attached hydrogens (tertiary/aromatic N) is 1. The lowest BCUT2D eigenvalue weighted by molar-refractivity contribution is -0.143. The molecular formula is C31H43N3O5. The Morgan fingerprint density at radius 1 is 1.03 bits per heavy atom. The second-order valence-electron chi connectivity index (χ2n) is 11.4. The van der Waals surface area contributed by atoms with Gasteiger partial charge in [-0.1, -0.05) is 61.7 Å². The van der Waals surface area contributed by atoms with Gasteiger partial charge < -0.3 is 25.4 Å². The van der Waals surface area contributed by atoms with Gasteiger partial charge >= 0.3 is 6.09 Å². The van der Waals surface area contributed by atoms with Gasteiger partial charge in [0.25, 0.3) is 0 Å². The molecule has 2 aromatic rings. The van der Waals surface area contributed by atoms with Crippen molar-refractivity contribution in [3.63, 3.8) is 0 Å². The Morgan fingerprint density at radius 2 is 1.67 bits per heavy atom. The third-order valence-corrected chi connectivity index (χ3v) is 6.56. The van der Waals surface area contributed by atoms with E-state index in [1.54, 1.807) is 49.9 Å². The van der Waals surface area contributed by atoms with Gasteiger partial charge in [0.05, 0.1) is 0 Å². The minimum absolute atomic E-state index is 0.104. The molecule has 3 amide bonds. The summed E-state index contributed by atoms with van der Waals surface area (Å²) in [5.74, 6) is -0.456. The van der Waals surface area contributed by atoms with Gasteiger partial charge in [0.2, 0.25) is 11.8 Å². The van der Waals surface area contributed by atoms with E-state index in [1.807, 2.05) is 31.2 Å². The number of phenols is 1. The first-order chi connectivity index (χ1) is 18.5. The van der Waals surface area contributed by atoms with E-state index in [9.17, 15) is 19.5 Å². The van der Waals surface area contributed by atoms with Crippen LogP contribution in [0.5, 0.6) is 5.75 Å². The van der Waals surface area contributed by atoms with E-state index in [1.165, 1.54) is 0 Å². The average molecular weight is 538 g/mol. The predicted octanol–water partition coefficient (Wildman–Crippen LogP) is 5.18. The molecule has 1 aliphatic carbocycles. The summed E-state index contributed by atoms with van der Waals surface area (Å²) in [5, 5.41) is 15.5. The van der Waals surface area contributed by atoms with E-state index in [2.05, 4.69) is 17.6 Å². The number of aromatic hydroxyl groups is 1. The van der Waals surface area contributed by atoms with E-state index < -0.39 is 23.8 Å². The second kappa shape index (κ2) is 13.5. The lowest BCUT2D eigenvalue weighted by Gasteiger charge is -2.35. The smallest absolute Gasteiger partial charge is 0.408 e. The molecule has 8 nitrogen and oxygen atoms in total. The summed E-state index contributed by atoms with van der Waals surface area (Å²) in [6.45, 7) is 9.90. The van der Waals surface area contributed by atoms with Crippen LogP contribution in [-0.4, -0.2) is 52.1 Å². The molecule has 0 bridgehead atoms. The number of unbranched alkanes of at least 4 members (excludes halogenated alkanes) is 2. The molecule has 0 aliphatic heterocycles. The Labute approximate surface area is 232 Å². The van der Waals surface area contributed by atoms with Crippen LogP contribution >= 0.6 is 0 Å². The average Bonchev–Trinajstić information content (AvgIpc) is 3.70. The SMILES string of the molecule is CCCCCNC(=O)C(c1ccc(C)cc1)N(C(=O)C(Cc1ccc(O)cc1)NC(=O)OC(C)(C)C)C1CC1.